The predicted molar refractivity (Wildman–Crippen MR) is 73.1 cm³/mol. The zero-order chi connectivity index (χ0) is 11.7. The first-order chi connectivity index (χ1) is 8.33. The summed E-state index contributed by atoms with van der Waals surface area (Å²) in [4.78, 5) is 6.97. The van der Waals surface area contributed by atoms with Crippen LogP contribution in [0, 0.1) is 0 Å². The number of hydrogen-bond donors (Lipinski definition) is 0. The molecule has 1 aromatic carbocycles. The summed E-state index contributed by atoms with van der Waals surface area (Å²) in [5, 5.41) is 0. The van der Waals surface area contributed by atoms with E-state index in [9.17, 15) is 0 Å². The number of rotatable bonds is 3. The Morgan fingerprint density at radius 1 is 1.18 bits per heavy atom. The highest BCUT2D eigenvalue weighted by molar-refractivity contribution is 9.10. The van der Waals surface area contributed by atoms with Crippen LogP contribution >= 0.6 is 15.9 Å². The van der Waals surface area contributed by atoms with Crippen LogP contribution in [0.5, 0.6) is 0 Å². The fraction of sp³-hybridized carbons (Fsp3) is 0.462. The van der Waals surface area contributed by atoms with Crippen molar-refractivity contribution in [2.24, 2.45) is 0 Å². The maximum Gasteiger partial charge on any atom is 0.0958 e. The molecule has 17 heavy (non-hydrogen) atoms. The van der Waals surface area contributed by atoms with Gasteiger partial charge >= 0.3 is 0 Å². The van der Waals surface area contributed by atoms with Gasteiger partial charge in [-0.2, -0.15) is 0 Å². The number of nitrogens with zero attached hydrogens (tertiary/aromatic N) is 3. The highest BCUT2D eigenvalue weighted by Crippen LogP contribution is 2.18. The number of aromatic nitrogens is 2. The molecule has 0 unspecified atom stereocenters. The molecule has 90 valence electrons. The quantitative estimate of drug-likeness (QED) is 0.868. The molecule has 1 aliphatic rings. The standard InChI is InChI=1S/C13H16BrN3/c14-11-3-4-13-12(9-11)15-10-17(13)8-7-16-5-1-2-6-16/h3-4,9-10H,1-2,5-8H2. The fourth-order valence-corrected chi connectivity index (χ4v) is 2.82. The van der Waals surface area contributed by atoms with Crippen molar-refractivity contribution >= 4 is 27.0 Å². The number of likely N-dealkylation sites (tertiary alicyclic amines) is 1. The third-order valence-corrected chi connectivity index (χ3v) is 3.93. The van der Waals surface area contributed by atoms with E-state index in [0.29, 0.717) is 0 Å². The van der Waals surface area contributed by atoms with E-state index in [1.165, 1.54) is 31.4 Å². The van der Waals surface area contributed by atoms with Crippen LogP contribution in [0.25, 0.3) is 11.0 Å². The van der Waals surface area contributed by atoms with Crippen molar-refractivity contribution in [1.29, 1.82) is 0 Å². The van der Waals surface area contributed by atoms with Crippen molar-refractivity contribution in [3.05, 3.63) is 29.0 Å². The normalized spacial score (nSPS) is 17.0. The maximum absolute atomic E-state index is 4.44. The molecule has 0 saturated carbocycles. The highest BCUT2D eigenvalue weighted by atomic mass is 79.9. The van der Waals surface area contributed by atoms with E-state index < -0.39 is 0 Å². The van der Waals surface area contributed by atoms with Gasteiger partial charge in [-0.05, 0) is 44.1 Å². The monoisotopic (exact) mass is 293 g/mol. The van der Waals surface area contributed by atoms with Gasteiger partial charge < -0.3 is 9.47 Å². The lowest BCUT2D eigenvalue weighted by Crippen LogP contribution is -2.23. The molecule has 1 aliphatic heterocycles. The van der Waals surface area contributed by atoms with Gasteiger partial charge in [-0.25, -0.2) is 4.98 Å². The van der Waals surface area contributed by atoms with Crippen LogP contribution in [0.15, 0.2) is 29.0 Å². The van der Waals surface area contributed by atoms with Crippen molar-refractivity contribution < 1.29 is 0 Å². The second-order valence-corrected chi connectivity index (χ2v) is 5.54. The first-order valence-corrected chi connectivity index (χ1v) is 6.95. The summed E-state index contributed by atoms with van der Waals surface area (Å²) in [5.41, 5.74) is 2.30. The second-order valence-electron chi connectivity index (χ2n) is 4.62. The Morgan fingerprint density at radius 2 is 2.00 bits per heavy atom. The van der Waals surface area contributed by atoms with Crippen molar-refractivity contribution in [2.75, 3.05) is 19.6 Å². The molecule has 0 bridgehead atoms. The highest BCUT2D eigenvalue weighted by Gasteiger charge is 2.11. The van der Waals surface area contributed by atoms with Gasteiger partial charge in [-0.15, -0.1) is 0 Å². The molecule has 0 spiro atoms. The third kappa shape index (κ3) is 2.38. The minimum Gasteiger partial charge on any atom is -0.329 e. The Hall–Kier alpha value is -0.870. The van der Waals surface area contributed by atoms with Crippen LogP contribution in [0.4, 0.5) is 0 Å². The number of imidazole rings is 1. The number of benzene rings is 1. The van der Waals surface area contributed by atoms with Gasteiger partial charge in [0.25, 0.3) is 0 Å². The van der Waals surface area contributed by atoms with Crippen molar-refractivity contribution in [3.63, 3.8) is 0 Å². The van der Waals surface area contributed by atoms with Crippen LogP contribution in [0.3, 0.4) is 0 Å². The zero-order valence-corrected chi connectivity index (χ0v) is 11.4. The topological polar surface area (TPSA) is 21.1 Å². The van der Waals surface area contributed by atoms with Crippen molar-refractivity contribution in [2.45, 2.75) is 19.4 Å². The maximum atomic E-state index is 4.44. The summed E-state index contributed by atoms with van der Waals surface area (Å²) >= 11 is 3.48. The van der Waals surface area contributed by atoms with Crippen LogP contribution in [0.1, 0.15) is 12.8 Å². The molecule has 0 radical (unpaired) electrons. The third-order valence-electron chi connectivity index (χ3n) is 3.44. The minimum absolute atomic E-state index is 1.04. The van der Waals surface area contributed by atoms with E-state index in [-0.39, 0.29) is 0 Å². The molecule has 2 heterocycles. The molecular weight excluding hydrogens is 278 g/mol. The molecule has 0 amide bonds. The van der Waals surface area contributed by atoms with E-state index in [4.69, 9.17) is 0 Å². The zero-order valence-electron chi connectivity index (χ0n) is 9.77. The Bertz CT molecular complexity index is 514. The molecule has 2 aromatic rings. The van der Waals surface area contributed by atoms with Gasteiger partial charge in [-0.1, -0.05) is 15.9 Å². The Balaban J connectivity index is 1.76. The smallest absolute Gasteiger partial charge is 0.0958 e. The number of fused-ring (bicyclic) bond motifs is 1. The van der Waals surface area contributed by atoms with E-state index in [2.05, 4.69) is 48.6 Å². The molecule has 1 saturated heterocycles. The fourth-order valence-electron chi connectivity index (χ4n) is 2.47. The van der Waals surface area contributed by atoms with Gasteiger partial charge in [-0.3, -0.25) is 0 Å². The minimum atomic E-state index is 1.04. The molecule has 4 heteroatoms. The van der Waals surface area contributed by atoms with Gasteiger partial charge in [0.05, 0.1) is 17.4 Å². The summed E-state index contributed by atoms with van der Waals surface area (Å²) in [6.45, 7) is 4.70. The lowest BCUT2D eigenvalue weighted by Gasteiger charge is -2.14. The second kappa shape index (κ2) is 4.78. The Morgan fingerprint density at radius 3 is 2.82 bits per heavy atom. The first-order valence-electron chi connectivity index (χ1n) is 6.16. The summed E-state index contributed by atoms with van der Waals surface area (Å²) in [6.07, 6.45) is 4.67. The van der Waals surface area contributed by atoms with Crippen LogP contribution in [-0.4, -0.2) is 34.1 Å². The van der Waals surface area contributed by atoms with E-state index in [1.807, 2.05) is 6.33 Å². The Labute approximate surface area is 110 Å². The SMILES string of the molecule is Brc1ccc2c(c1)ncn2CCN1CCCC1. The van der Waals surface area contributed by atoms with E-state index in [1.54, 1.807) is 0 Å². The number of hydrogen-bond acceptors (Lipinski definition) is 2. The van der Waals surface area contributed by atoms with Crippen molar-refractivity contribution in [3.8, 4) is 0 Å². The number of halogens is 1. The summed E-state index contributed by atoms with van der Waals surface area (Å²) in [7, 11) is 0. The molecule has 1 fully saturated rings. The largest absolute Gasteiger partial charge is 0.329 e. The molecule has 0 N–H and O–H groups in total. The van der Waals surface area contributed by atoms with Crippen molar-refractivity contribution in [1.82, 2.24) is 14.5 Å². The summed E-state index contributed by atoms with van der Waals surface area (Å²) in [6, 6.07) is 6.29. The first kappa shape index (κ1) is 11.2. The average Bonchev–Trinajstić information content (AvgIpc) is 2.94. The molecule has 3 rings (SSSR count). The molecule has 0 atom stereocenters. The van der Waals surface area contributed by atoms with Crippen LogP contribution < -0.4 is 0 Å². The molecule has 3 nitrogen and oxygen atoms in total. The molecule has 1 aromatic heterocycles. The van der Waals surface area contributed by atoms with Crippen LogP contribution in [-0.2, 0) is 6.54 Å². The molecule has 0 aliphatic carbocycles. The predicted octanol–water partition coefficient (Wildman–Crippen LogP) is 2.89. The van der Waals surface area contributed by atoms with Gasteiger partial charge in [0.15, 0.2) is 0 Å². The lowest BCUT2D eigenvalue weighted by molar-refractivity contribution is 0.324. The van der Waals surface area contributed by atoms with Crippen LogP contribution in [0.2, 0.25) is 0 Å². The van der Waals surface area contributed by atoms with Gasteiger partial charge in [0.2, 0.25) is 0 Å². The van der Waals surface area contributed by atoms with E-state index in [0.717, 1.165) is 23.1 Å². The van der Waals surface area contributed by atoms with E-state index >= 15 is 0 Å². The summed E-state index contributed by atoms with van der Waals surface area (Å²) in [5.74, 6) is 0. The summed E-state index contributed by atoms with van der Waals surface area (Å²) < 4.78 is 3.34. The van der Waals surface area contributed by atoms with Gasteiger partial charge in [0.1, 0.15) is 0 Å². The van der Waals surface area contributed by atoms with Gasteiger partial charge in [0, 0.05) is 17.6 Å². The Kier molecular flexibility index (Phi) is 3.16. The molecular formula is C13H16BrN3. The average molecular weight is 294 g/mol. The lowest BCUT2D eigenvalue weighted by atomic mass is 10.3.